The van der Waals surface area contributed by atoms with E-state index in [1.54, 1.807) is 0 Å². The summed E-state index contributed by atoms with van der Waals surface area (Å²) in [6.07, 6.45) is 3.30. The molecule has 2 fully saturated rings. The van der Waals surface area contributed by atoms with Crippen LogP contribution in [0.15, 0.2) is 6.07 Å². The van der Waals surface area contributed by atoms with Crippen molar-refractivity contribution in [3.05, 3.63) is 23.0 Å². The maximum atomic E-state index is 13.0. The highest BCUT2D eigenvalue weighted by Crippen LogP contribution is 2.21. The van der Waals surface area contributed by atoms with E-state index in [4.69, 9.17) is 4.74 Å². The molecule has 0 radical (unpaired) electrons. The van der Waals surface area contributed by atoms with Crippen molar-refractivity contribution < 1.29 is 9.53 Å². The maximum Gasteiger partial charge on any atom is 0.252 e. The second kappa shape index (κ2) is 7.32. The molecule has 2 saturated heterocycles. The van der Waals surface area contributed by atoms with Gasteiger partial charge in [0.1, 0.15) is 0 Å². The number of rotatable bonds is 4. The van der Waals surface area contributed by atoms with Crippen LogP contribution in [0.1, 0.15) is 41.0 Å². The fourth-order valence-electron chi connectivity index (χ4n) is 4.17. The molecule has 0 aromatic carbocycles. The highest BCUT2D eigenvalue weighted by Gasteiger charge is 2.26. The smallest absolute Gasteiger partial charge is 0.252 e. The summed E-state index contributed by atoms with van der Waals surface area (Å²) in [6.45, 7) is 8.69. The van der Waals surface area contributed by atoms with Crippen LogP contribution < -0.4 is 5.32 Å². The lowest BCUT2D eigenvalue weighted by Crippen LogP contribution is -2.48. The monoisotopic (exact) mass is 357 g/mol. The van der Waals surface area contributed by atoms with Gasteiger partial charge in [0.2, 0.25) is 0 Å². The molecule has 7 heteroatoms. The second-order valence-electron chi connectivity index (χ2n) is 7.66. The number of carbonyl (C=O) groups excluding carboxylic acids is 1. The van der Waals surface area contributed by atoms with E-state index in [0.717, 1.165) is 68.9 Å². The lowest BCUT2D eigenvalue weighted by Gasteiger charge is -2.34. The van der Waals surface area contributed by atoms with Crippen LogP contribution in [-0.2, 0) is 4.74 Å². The van der Waals surface area contributed by atoms with E-state index < -0.39 is 0 Å². The molecule has 2 aromatic heterocycles. The largest absolute Gasteiger partial charge is 0.381 e. The average molecular weight is 357 g/mol. The van der Waals surface area contributed by atoms with Gasteiger partial charge < -0.3 is 15.0 Å². The minimum absolute atomic E-state index is 0.0268. The van der Waals surface area contributed by atoms with Gasteiger partial charge in [-0.3, -0.25) is 9.89 Å². The Morgan fingerprint density at radius 1 is 1.42 bits per heavy atom. The van der Waals surface area contributed by atoms with Crippen LogP contribution >= 0.6 is 0 Å². The number of likely N-dealkylation sites (tertiary alicyclic amines) is 1. The van der Waals surface area contributed by atoms with Crippen molar-refractivity contribution in [1.82, 2.24) is 25.4 Å². The number of hydrogen-bond acceptors (Lipinski definition) is 5. The standard InChI is InChI=1S/C19H27N5O2/c1-12-8-16(17-13(2)22-23-18(17)20-12)19(25)21-15-4-3-6-24(10-15)9-14-5-7-26-11-14/h8,14-15H,3-7,9-11H2,1-2H3,(H,21,25)(H,20,22,23)/t14?,15-/m0/s1. The van der Waals surface area contributed by atoms with Crippen molar-refractivity contribution in [2.45, 2.75) is 39.2 Å². The predicted molar refractivity (Wildman–Crippen MR) is 99.2 cm³/mol. The highest BCUT2D eigenvalue weighted by atomic mass is 16.5. The maximum absolute atomic E-state index is 13.0. The fourth-order valence-corrected chi connectivity index (χ4v) is 4.17. The van der Waals surface area contributed by atoms with Crippen LogP contribution in [0.4, 0.5) is 0 Å². The van der Waals surface area contributed by atoms with Crippen molar-refractivity contribution >= 4 is 16.9 Å². The van der Waals surface area contributed by atoms with Gasteiger partial charge in [-0.1, -0.05) is 0 Å². The molecule has 2 aromatic rings. The number of H-pyrrole nitrogens is 1. The SMILES string of the molecule is Cc1cc(C(=O)N[C@H]2CCCN(CC3CCOC3)C2)c2c(C)[nH]nc2n1. The minimum Gasteiger partial charge on any atom is -0.381 e. The number of fused-ring (bicyclic) bond motifs is 1. The zero-order chi connectivity index (χ0) is 18.1. The summed E-state index contributed by atoms with van der Waals surface area (Å²) in [4.78, 5) is 19.9. The Morgan fingerprint density at radius 3 is 3.12 bits per heavy atom. The van der Waals surface area contributed by atoms with Crippen LogP contribution in [0.25, 0.3) is 11.0 Å². The Morgan fingerprint density at radius 2 is 2.31 bits per heavy atom. The molecule has 2 aliphatic heterocycles. The number of amides is 1. The van der Waals surface area contributed by atoms with E-state index in [2.05, 4.69) is 25.4 Å². The van der Waals surface area contributed by atoms with Gasteiger partial charge in [-0.15, -0.1) is 0 Å². The van der Waals surface area contributed by atoms with Gasteiger partial charge >= 0.3 is 0 Å². The number of aryl methyl sites for hydroxylation is 2. The molecular weight excluding hydrogens is 330 g/mol. The van der Waals surface area contributed by atoms with Crippen LogP contribution in [0.5, 0.6) is 0 Å². The Bertz CT molecular complexity index is 797. The summed E-state index contributed by atoms with van der Waals surface area (Å²) in [5.74, 6) is 0.613. The molecule has 0 aliphatic carbocycles. The van der Waals surface area contributed by atoms with E-state index in [1.165, 1.54) is 0 Å². The first-order valence-corrected chi connectivity index (χ1v) is 9.53. The molecule has 1 amide bonds. The van der Waals surface area contributed by atoms with Gasteiger partial charge in [-0.2, -0.15) is 5.10 Å². The molecule has 7 nitrogen and oxygen atoms in total. The quantitative estimate of drug-likeness (QED) is 0.872. The number of hydrogen-bond donors (Lipinski definition) is 2. The van der Waals surface area contributed by atoms with Gasteiger partial charge in [0.15, 0.2) is 5.65 Å². The third-order valence-corrected chi connectivity index (χ3v) is 5.46. The molecule has 1 unspecified atom stereocenters. The summed E-state index contributed by atoms with van der Waals surface area (Å²) >= 11 is 0. The van der Waals surface area contributed by atoms with Crippen LogP contribution in [0.2, 0.25) is 0 Å². The van der Waals surface area contributed by atoms with E-state index in [-0.39, 0.29) is 11.9 Å². The third kappa shape index (κ3) is 3.59. The first kappa shape index (κ1) is 17.4. The number of carbonyl (C=O) groups is 1. The lowest BCUT2D eigenvalue weighted by molar-refractivity contribution is 0.0893. The molecule has 26 heavy (non-hydrogen) atoms. The summed E-state index contributed by atoms with van der Waals surface area (Å²) in [5, 5.41) is 11.2. The van der Waals surface area contributed by atoms with Gasteiger partial charge in [-0.05, 0) is 51.6 Å². The van der Waals surface area contributed by atoms with Crippen molar-refractivity contribution in [3.63, 3.8) is 0 Å². The Labute approximate surface area is 153 Å². The third-order valence-electron chi connectivity index (χ3n) is 5.46. The number of nitrogens with zero attached hydrogens (tertiary/aromatic N) is 3. The first-order valence-electron chi connectivity index (χ1n) is 9.53. The molecule has 2 N–H and O–H groups in total. The van der Waals surface area contributed by atoms with Crippen molar-refractivity contribution in [1.29, 1.82) is 0 Å². The summed E-state index contributed by atoms with van der Waals surface area (Å²) < 4.78 is 5.49. The highest BCUT2D eigenvalue weighted by molar-refractivity contribution is 6.06. The number of pyridine rings is 1. The minimum atomic E-state index is -0.0268. The van der Waals surface area contributed by atoms with E-state index in [9.17, 15) is 4.79 Å². The van der Waals surface area contributed by atoms with Crippen molar-refractivity contribution in [2.24, 2.45) is 5.92 Å². The Kier molecular flexibility index (Phi) is 4.91. The normalized spacial score (nSPS) is 24.2. The molecule has 4 heterocycles. The topological polar surface area (TPSA) is 83.1 Å². The van der Waals surface area contributed by atoms with E-state index in [0.29, 0.717) is 17.1 Å². The van der Waals surface area contributed by atoms with Crippen molar-refractivity contribution in [3.8, 4) is 0 Å². The summed E-state index contributed by atoms with van der Waals surface area (Å²) in [6, 6.07) is 2.05. The van der Waals surface area contributed by atoms with Crippen LogP contribution in [0, 0.1) is 19.8 Å². The van der Waals surface area contributed by atoms with Gasteiger partial charge in [0.25, 0.3) is 5.91 Å². The molecule has 0 saturated carbocycles. The molecule has 2 atom stereocenters. The molecule has 0 spiro atoms. The van der Waals surface area contributed by atoms with Gasteiger partial charge in [0, 0.05) is 37.1 Å². The van der Waals surface area contributed by atoms with Crippen LogP contribution in [0.3, 0.4) is 0 Å². The molecule has 2 aliphatic rings. The Balaban J connectivity index is 1.45. The van der Waals surface area contributed by atoms with E-state index in [1.807, 2.05) is 19.9 Å². The molecule has 0 bridgehead atoms. The predicted octanol–water partition coefficient (Wildman–Crippen LogP) is 1.81. The second-order valence-corrected chi connectivity index (χ2v) is 7.66. The zero-order valence-corrected chi connectivity index (χ0v) is 15.5. The number of aromatic nitrogens is 3. The fraction of sp³-hybridized carbons (Fsp3) is 0.632. The summed E-state index contributed by atoms with van der Waals surface area (Å²) in [7, 11) is 0. The van der Waals surface area contributed by atoms with Gasteiger partial charge in [-0.25, -0.2) is 4.98 Å². The van der Waals surface area contributed by atoms with Crippen molar-refractivity contribution in [2.75, 3.05) is 32.8 Å². The number of aromatic amines is 1. The number of nitrogens with one attached hydrogen (secondary N) is 2. The average Bonchev–Trinajstić information content (AvgIpc) is 3.24. The first-order chi connectivity index (χ1) is 12.6. The van der Waals surface area contributed by atoms with E-state index >= 15 is 0 Å². The van der Waals surface area contributed by atoms with Gasteiger partial charge in [0.05, 0.1) is 17.6 Å². The van der Waals surface area contributed by atoms with Crippen LogP contribution in [-0.4, -0.2) is 64.9 Å². The Hall–Kier alpha value is -1.99. The molecule has 140 valence electrons. The molecule has 4 rings (SSSR count). The number of ether oxygens (including phenoxy) is 1. The summed E-state index contributed by atoms with van der Waals surface area (Å²) in [5.41, 5.74) is 2.96. The number of piperidine rings is 1. The molecular formula is C19H27N5O2. The zero-order valence-electron chi connectivity index (χ0n) is 15.5. The lowest BCUT2D eigenvalue weighted by atomic mass is 10.0.